The Balaban J connectivity index is 1.90. The smallest absolute Gasteiger partial charge is 0.324 e. The highest BCUT2D eigenvalue weighted by atomic mass is 35.5. The Kier molecular flexibility index (Phi) is 3.82. The standard InChI is InChI=1S/C19H16ClN3O2/c1-22-19(14-8-9-21-16-10-12(20)6-7-13(14)16)15-4-2-3-5-17(15)23(22)11-18(24)25/h2-10,19H,11H2,1H3,(H,24,25). The molecule has 1 aliphatic rings. The maximum atomic E-state index is 11.3. The number of aliphatic carboxylic acids is 1. The number of aromatic nitrogens is 1. The van der Waals surface area contributed by atoms with Crippen molar-refractivity contribution in [2.24, 2.45) is 0 Å². The number of para-hydroxylation sites is 1. The summed E-state index contributed by atoms with van der Waals surface area (Å²) in [5.74, 6) is -0.867. The summed E-state index contributed by atoms with van der Waals surface area (Å²) in [6.07, 6.45) is 1.77. The van der Waals surface area contributed by atoms with Gasteiger partial charge in [0.1, 0.15) is 6.54 Å². The van der Waals surface area contributed by atoms with Gasteiger partial charge in [-0.25, -0.2) is 5.01 Å². The first-order valence-electron chi connectivity index (χ1n) is 7.91. The van der Waals surface area contributed by atoms with Crippen LogP contribution in [0.15, 0.2) is 54.7 Å². The maximum absolute atomic E-state index is 11.3. The van der Waals surface area contributed by atoms with Gasteiger partial charge in [0, 0.05) is 29.2 Å². The van der Waals surface area contributed by atoms with E-state index in [2.05, 4.69) is 4.98 Å². The molecule has 2 aromatic carbocycles. The number of anilines is 1. The van der Waals surface area contributed by atoms with E-state index in [0.29, 0.717) is 5.02 Å². The van der Waals surface area contributed by atoms with Gasteiger partial charge in [0.05, 0.1) is 17.2 Å². The van der Waals surface area contributed by atoms with E-state index in [9.17, 15) is 9.90 Å². The number of nitrogens with zero attached hydrogens (tertiary/aromatic N) is 3. The first-order valence-corrected chi connectivity index (χ1v) is 8.29. The average Bonchev–Trinajstić information content (AvgIpc) is 2.86. The van der Waals surface area contributed by atoms with Gasteiger partial charge in [-0.2, -0.15) is 0 Å². The van der Waals surface area contributed by atoms with Gasteiger partial charge in [-0.15, -0.1) is 0 Å². The molecule has 6 heteroatoms. The topological polar surface area (TPSA) is 56.7 Å². The number of pyridine rings is 1. The molecule has 25 heavy (non-hydrogen) atoms. The van der Waals surface area contributed by atoms with E-state index in [0.717, 1.165) is 27.7 Å². The van der Waals surface area contributed by atoms with Crippen LogP contribution in [-0.2, 0) is 4.79 Å². The van der Waals surface area contributed by atoms with Crippen LogP contribution in [0.5, 0.6) is 0 Å². The van der Waals surface area contributed by atoms with E-state index in [1.54, 1.807) is 11.2 Å². The van der Waals surface area contributed by atoms with Crippen molar-refractivity contribution in [1.82, 2.24) is 9.99 Å². The normalized spacial score (nSPS) is 17.0. The molecule has 1 aromatic heterocycles. The van der Waals surface area contributed by atoms with E-state index >= 15 is 0 Å². The number of carbonyl (C=O) groups is 1. The minimum absolute atomic E-state index is 0.0813. The summed E-state index contributed by atoms with van der Waals surface area (Å²) in [5, 5.41) is 14.7. The van der Waals surface area contributed by atoms with Gasteiger partial charge in [0.2, 0.25) is 0 Å². The number of hydrazine groups is 1. The number of carboxylic acid groups (broad SMARTS) is 1. The fourth-order valence-corrected chi connectivity index (χ4v) is 3.71. The number of carboxylic acids is 1. The second-order valence-electron chi connectivity index (χ2n) is 6.05. The largest absolute Gasteiger partial charge is 0.480 e. The van der Waals surface area contributed by atoms with E-state index in [1.807, 2.05) is 60.6 Å². The van der Waals surface area contributed by atoms with Crippen molar-refractivity contribution < 1.29 is 9.90 Å². The average molecular weight is 354 g/mol. The molecule has 0 saturated carbocycles. The molecule has 0 fully saturated rings. The molecule has 1 unspecified atom stereocenters. The molecule has 3 aromatic rings. The lowest BCUT2D eigenvalue weighted by atomic mass is 9.96. The Morgan fingerprint density at radius 2 is 2.00 bits per heavy atom. The van der Waals surface area contributed by atoms with Gasteiger partial charge >= 0.3 is 5.97 Å². The van der Waals surface area contributed by atoms with Gasteiger partial charge in [0.15, 0.2) is 0 Å². The molecule has 0 saturated heterocycles. The molecule has 0 aliphatic carbocycles. The molecule has 0 bridgehead atoms. The fraction of sp³-hybridized carbons (Fsp3) is 0.158. The van der Waals surface area contributed by atoms with E-state index in [1.165, 1.54) is 0 Å². The third kappa shape index (κ3) is 2.62. The van der Waals surface area contributed by atoms with E-state index in [-0.39, 0.29) is 12.6 Å². The molecule has 126 valence electrons. The lowest BCUT2D eigenvalue weighted by molar-refractivity contribution is -0.135. The van der Waals surface area contributed by atoms with Crippen LogP contribution in [0.1, 0.15) is 17.2 Å². The van der Waals surface area contributed by atoms with Crippen LogP contribution in [0.25, 0.3) is 10.9 Å². The molecule has 4 rings (SSSR count). The number of hydrogen-bond donors (Lipinski definition) is 1. The SMILES string of the molecule is CN1C(c2ccnc3cc(Cl)ccc23)c2ccccc2N1CC(=O)O. The van der Waals surface area contributed by atoms with Crippen LogP contribution < -0.4 is 5.01 Å². The monoisotopic (exact) mass is 353 g/mol. The number of halogens is 1. The summed E-state index contributed by atoms with van der Waals surface area (Å²) >= 11 is 6.10. The summed E-state index contributed by atoms with van der Waals surface area (Å²) in [6.45, 7) is -0.0845. The first-order chi connectivity index (χ1) is 12.1. The van der Waals surface area contributed by atoms with Crippen molar-refractivity contribution in [2.75, 3.05) is 18.6 Å². The zero-order valence-corrected chi connectivity index (χ0v) is 14.3. The third-order valence-corrected chi connectivity index (χ3v) is 4.82. The van der Waals surface area contributed by atoms with Gasteiger partial charge < -0.3 is 5.11 Å². The highest BCUT2D eigenvalue weighted by Crippen LogP contribution is 2.44. The molecule has 1 aliphatic heterocycles. The van der Waals surface area contributed by atoms with Crippen molar-refractivity contribution >= 4 is 34.2 Å². The Morgan fingerprint density at radius 1 is 1.20 bits per heavy atom. The minimum Gasteiger partial charge on any atom is -0.480 e. The quantitative estimate of drug-likeness (QED) is 0.777. The lowest BCUT2D eigenvalue weighted by Gasteiger charge is -2.30. The van der Waals surface area contributed by atoms with Gasteiger partial charge in [-0.05, 0) is 29.8 Å². The van der Waals surface area contributed by atoms with Crippen molar-refractivity contribution in [2.45, 2.75) is 6.04 Å². The molecule has 2 heterocycles. The third-order valence-electron chi connectivity index (χ3n) is 4.58. The minimum atomic E-state index is -0.867. The number of fused-ring (bicyclic) bond motifs is 2. The summed E-state index contributed by atoms with van der Waals surface area (Å²) in [6, 6.07) is 15.5. The molecule has 0 amide bonds. The van der Waals surface area contributed by atoms with Crippen molar-refractivity contribution in [3.8, 4) is 0 Å². The van der Waals surface area contributed by atoms with Gasteiger partial charge in [-0.1, -0.05) is 35.9 Å². The highest BCUT2D eigenvalue weighted by molar-refractivity contribution is 6.31. The molecule has 0 spiro atoms. The summed E-state index contributed by atoms with van der Waals surface area (Å²) in [5.41, 5.74) is 3.89. The Labute approximate surface area is 150 Å². The van der Waals surface area contributed by atoms with Gasteiger partial charge in [-0.3, -0.25) is 14.8 Å². The second-order valence-corrected chi connectivity index (χ2v) is 6.48. The maximum Gasteiger partial charge on any atom is 0.324 e. The Morgan fingerprint density at radius 3 is 2.80 bits per heavy atom. The van der Waals surface area contributed by atoms with Crippen molar-refractivity contribution in [1.29, 1.82) is 0 Å². The highest BCUT2D eigenvalue weighted by Gasteiger charge is 2.36. The molecular weight excluding hydrogens is 338 g/mol. The molecule has 1 N–H and O–H groups in total. The summed E-state index contributed by atoms with van der Waals surface area (Å²) in [4.78, 5) is 15.7. The van der Waals surface area contributed by atoms with Crippen LogP contribution in [0, 0.1) is 0 Å². The predicted octanol–water partition coefficient (Wildman–Crippen LogP) is 3.73. The zero-order chi connectivity index (χ0) is 17.6. The summed E-state index contributed by atoms with van der Waals surface area (Å²) in [7, 11) is 1.91. The fourth-order valence-electron chi connectivity index (χ4n) is 3.54. The van der Waals surface area contributed by atoms with Crippen LogP contribution in [0.2, 0.25) is 5.02 Å². The van der Waals surface area contributed by atoms with Crippen LogP contribution in [0.3, 0.4) is 0 Å². The Hall–Kier alpha value is -2.63. The van der Waals surface area contributed by atoms with Crippen molar-refractivity contribution in [3.63, 3.8) is 0 Å². The zero-order valence-electron chi connectivity index (χ0n) is 13.6. The van der Waals surface area contributed by atoms with Gasteiger partial charge in [0.25, 0.3) is 0 Å². The van der Waals surface area contributed by atoms with E-state index < -0.39 is 5.97 Å². The molecule has 5 nitrogen and oxygen atoms in total. The van der Waals surface area contributed by atoms with Crippen molar-refractivity contribution in [3.05, 3.63) is 70.9 Å². The predicted molar refractivity (Wildman–Crippen MR) is 97.8 cm³/mol. The number of rotatable bonds is 3. The van der Waals surface area contributed by atoms with Crippen LogP contribution in [0.4, 0.5) is 5.69 Å². The molecule has 0 radical (unpaired) electrons. The Bertz CT molecular complexity index is 976. The number of benzene rings is 2. The second kappa shape index (κ2) is 6.02. The van der Waals surface area contributed by atoms with Crippen LogP contribution >= 0.6 is 11.6 Å². The number of hydrogen-bond acceptors (Lipinski definition) is 4. The van der Waals surface area contributed by atoms with E-state index in [4.69, 9.17) is 11.6 Å². The molecule has 1 atom stereocenters. The first kappa shape index (κ1) is 15.9. The molecular formula is C19H16ClN3O2. The summed E-state index contributed by atoms with van der Waals surface area (Å²) < 4.78 is 0. The van der Waals surface area contributed by atoms with Crippen LogP contribution in [-0.4, -0.2) is 34.7 Å². The lowest BCUT2D eigenvalue weighted by Crippen LogP contribution is -2.40.